The summed E-state index contributed by atoms with van der Waals surface area (Å²) in [5.41, 5.74) is 2.31. The fourth-order valence-electron chi connectivity index (χ4n) is 2.49. The number of hydrogen-bond donors (Lipinski definition) is 1. The van der Waals surface area contributed by atoms with Crippen LogP contribution in [0.4, 0.5) is 10.1 Å². The lowest BCUT2D eigenvalue weighted by atomic mass is 10.1. The van der Waals surface area contributed by atoms with Crippen LogP contribution in [0.15, 0.2) is 30.5 Å². The Morgan fingerprint density at radius 3 is 3.00 bits per heavy atom. The van der Waals surface area contributed by atoms with Gasteiger partial charge in [0.15, 0.2) is 0 Å². The van der Waals surface area contributed by atoms with E-state index in [-0.39, 0.29) is 5.82 Å². The lowest BCUT2D eigenvalue weighted by molar-refractivity contribution is 0.0876. The summed E-state index contributed by atoms with van der Waals surface area (Å²) in [4.78, 5) is 0. The average molecular weight is 275 g/mol. The molecule has 1 saturated heterocycles. The molecule has 2 aromatic rings. The van der Waals surface area contributed by atoms with Gasteiger partial charge in [-0.25, -0.2) is 9.07 Å². The molecule has 0 bridgehead atoms. The predicted octanol–water partition coefficient (Wildman–Crippen LogP) is 2.91. The molecular weight excluding hydrogens is 257 g/mol. The van der Waals surface area contributed by atoms with Gasteiger partial charge >= 0.3 is 0 Å². The molecule has 0 amide bonds. The maximum absolute atomic E-state index is 13.8. The van der Waals surface area contributed by atoms with Crippen LogP contribution < -0.4 is 5.32 Å². The third-order valence-corrected chi connectivity index (χ3v) is 3.61. The molecule has 1 aromatic heterocycles. The van der Waals surface area contributed by atoms with Gasteiger partial charge in [0, 0.05) is 12.6 Å². The lowest BCUT2D eigenvalue weighted by Gasteiger charge is -2.23. The van der Waals surface area contributed by atoms with Crippen molar-refractivity contribution >= 4 is 5.69 Å². The van der Waals surface area contributed by atoms with Crippen LogP contribution in [0.5, 0.6) is 0 Å². The minimum absolute atomic E-state index is 0.272. The van der Waals surface area contributed by atoms with Gasteiger partial charge in [0.2, 0.25) is 0 Å². The van der Waals surface area contributed by atoms with E-state index in [2.05, 4.69) is 10.4 Å². The Kier molecular flexibility index (Phi) is 3.69. The van der Waals surface area contributed by atoms with Crippen LogP contribution in [-0.2, 0) is 4.74 Å². The van der Waals surface area contributed by atoms with Crippen molar-refractivity contribution in [2.24, 2.45) is 0 Å². The molecule has 106 valence electrons. The van der Waals surface area contributed by atoms with Crippen LogP contribution in [0.1, 0.15) is 18.5 Å². The zero-order valence-corrected chi connectivity index (χ0v) is 11.5. The number of rotatable bonds is 3. The summed E-state index contributed by atoms with van der Waals surface area (Å²) in [5.74, 6) is -0.272. The monoisotopic (exact) mass is 275 g/mol. The number of aromatic nitrogens is 2. The Morgan fingerprint density at radius 2 is 2.25 bits per heavy atom. The summed E-state index contributed by atoms with van der Waals surface area (Å²) in [7, 11) is 0. The molecule has 1 N–H and O–H groups in total. The standard InChI is InChI=1S/C15H18FN3O/c1-11-14(18-12-5-4-8-20-10-12)9-17-19(11)15-7-3-2-6-13(15)16/h2-3,6-7,9,12,18H,4-5,8,10H2,1H3. The first-order valence-corrected chi connectivity index (χ1v) is 6.89. The normalized spacial score (nSPS) is 19.0. The van der Waals surface area contributed by atoms with Crippen LogP contribution in [0, 0.1) is 12.7 Å². The Labute approximate surface area is 117 Å². The van der Waals surface area contributed by atoms with E-state index in [4.69, 9.17) is 4.74 Å². The molecule has 1 aliphatic heterocycles. The van der Waals surface area contributed by atoms with Gasteiger partial charge in [-0.1, -0.05) is 12.1 Å². The highest BCUT2D eigenvalue weighted by atomic mass is 19.1. The van der Waals surface area contributed by atoms with E-state index >= 15 is 0 Å². The molecule has 1 aromatic carbocycles. The second kappa shape index (κ2) is 5.63. The van der Waals surface area contributed by atoms with E-state index in [9.17, 15) is 4.39 Å². The van der Waals surface area contributed by atoms with Crippen LogP contribution in [0.2, 0.25) is 0 Å². The summed E-state index contributed by atoms with van der Waals surface area (Å²) < 4.78 is 20.9. The molecule has 1 atom stereocenters. The Bertz CT molecular complexity index is 591. The van der Waals surface area contributed by atoms with Gasteiger partial charge in [0.1, 0.15) is 11.5 Å². The van der Waals surface area contributed by atoms with E-state index in [0.717, 1.165) is 30.8 Å². The minimum Gasteiger partial charge on any atom is -0.379 e. The topological polar surface area (TPSA) is 39.1 Å². The number of nitrogens with zero attached hydrogens (tertiary/aromatic N) is 2. The van der Waals surface area contributed by atoms with Crippen LogP contribution in [0.3, 0.4) is 0 Å². The van der Waals surface area contributed by atoms with E-state index in [1.54, 1.807) is 23.0 Å². The van der Waals surface area contributed by atoms with Crippen LogP contribution in [-0.4, -0.2) is 29.0 Å². The number of ether oxygens (including phenoxy) is 1. The average Bonchev–Trinajstić information content (AvgIpc) is 2.82. The fourth-order valence-corrected chi connectivity index (χ4v) is 2.49. The van der Waals surface area contributed by atoms with E-state index in [0.29, 0.717) is 18.3 Å². The maximum Gasteiger partial charge on any atom is 0.148 e. The second-order valence-electron chi connectivity index (χ2n) is 5.07. The van der Waals surface area contributed by atoms with Gasteiger partial charge in [-0.2, -0.15) is 5.10 Å². The van der Waals surface area contributed by atoms with Crippen molar-refractivity contribution < 1.29 is 9.13 Å². The smallest absolute Gasteiger partial charge is 0.148 e. The first-order valence-electron chi connectivity index (χ1n) is 6.89. The largest absolute Gasteiger partial charge is 0.379 e. The third kappa shape index (κ3) is 2.54. The number of nitrogens with one attached hydrogen (secondary N) is 1. The van der Waals surface area contributed by atoms with Gasteiger partial charge in [0.05, 0.1) is 24.2 Å². The predicted molar refractivity (Wildman–Crippen MR) is 75.7 cm³/mol. The highest BCUT2D eigenvalue weighted by Crippen LogP contribution is 2.22. The molecule has 3 rings (SSSR count). The number of para-hydroxylation sites is 1. The van der Waals surface area contributed by atoms with Crippen LogP contribution in [0.25, 0.3) is 5.69 Å². The summed E-state index contributed by atoms with van der Waals surface area (Å²) in [6.07, 6.45) is 3.90. The van der Waals surface area contributed by atoms with Crippen molar-refractivity contribution in [1.82, 2.24) is 9.78 Å². The molecule has 2 heterocycles. The molecule has 1 aliphatic rings. The SMILES string of the molecule is Cc1c(NC2CCCOC2)cnn1-c1ccccc1F. The van der Waals surface area contributed by atoms with Crippen molar-refractivity contribution in [2.75, 3.05) is 18.5 Å². The van der Waals surface area contributed by atoms with Crippen molar-refractivity contribution in [3.63, 3.8) is 0 Å². The molecule has 0 saturated carbocycles. The van der Waals surface area contributed by atoms with Crippen molar-refractivity contribution in [2.45, 2.75) is 25.8 Å². The Balaban J connectivity index is 1.83. The molecule has 0 spiro atoms. The van der Waals surface area contributed by atoms with E-state index in [1.807, 2.05) is 13.0 Å². The van der Waals surface area contributed by atoms with Gasteiger partial charge in [-0.05, 0) is 31.9 Å². The van der Waals surface area contributed by atoms with Crippen molar-refractivity contribution in [1.29, 1.82) is 0 Å². The maximum atomic E-state index is 13.8. The first-order chi connectivity index (χ1) is 9.75. The molecule has 0 aliphatic carbocycles. The summed E-state index contributed by atoms with van der Waals surface area (Å²) in [6.45, 7) is 3.49. The van der Waals surface area contributed by atoms with Gasteiger partial charge in [0.25, 0.3) is 0 Å². The number of halogens is 1. The molecule has 5 heteroatoms. The minimum atomic E-state index is -0.272. The zero-order valence-electron chi connectivity index (χ0n) is 11.5. The molecule has 1 fully saturated rings. The quantitative estimate of drug-likeness (QED) is 0.936. The molecule has 1 unspecified atom stereocenters. The highest BCUT2D eigenvalue weighted by molar-refractivity contribution is 5.50. The van der Waals surface area contributed by atoms with Gasteiger partial charge in [-0.3, -0.25) is 0 Å². The third-order valence-electron chi connectivity index (χ3n) is 3.61. The summed E-state index contributed by atoms with van der Waals surface area (Å²) in [6, 6.07) is 6.96. The fraction of sp³-hybridized carbons (Fsp3) is 0.400. The zero-order chi connectivity index (χ0) is 13.9. The number of hydrogen-bond acceptors (Lipinski definition) is 3. The molecule has 20 heavy (non-hydrogen) atoms. The lowest BCUT2D eigenvalue weighted by Crippen LogP contribution is -2.30. The molecule has 4 nitrogen and oxygen atoms in total. The van der Waals surface area contributed by atoms with Crippen molar-refractivity contribution in [3.05, 3.63) is 42.0 Å². The summed E-state index contributed by atoms with van der Waals surface area (Å²) >= 11 is 0. The molecule has 0 radical (unpaired) electrons. The van der Waals surface area contributed by atoms with E-state index < -0.39 is 0 Å². The van der Waals surface area contributed by atoms with Gasteiger partial charge < -0.3 is 10.1 Å². The highest BCUT2D eigenvalue weighted by Gasteiger charge is 2.17. The Hall–Kier alpha value is -1.88. The summed E-state index contributed by atoms with van der Waals surface area (Å²) in [5, 5.41) is 7.71. The van der Waals surface area contributed by atoms with E-state index in [1.165, 1.54) is 6.07 Å². The number of anilines is 1. The molecular formula is C15H18FN3O. The first kappa shape index (κ1) is 13.1. The number of benzene rings is 1. The Morgan fingerprint density at radius 1 is 1.40 bits per heavy atom. The van der Waals surface area contributed by atoms with Crippen molar-refractivity contribution in [3.8, 4) is 5.69 Å². The van der Waals surface area contributed by atoms with Gasteiger partial charge in [-0.15, -0.1) is 0 Å². The second-order valence-corrected chi connectivity index (χ2v) is 5.07. The van der Waals surface area contributed by atoms with Crippen LogP contribution >= 0.6 is 0 Å².